The smallest absolute Gasteiger partial charge is 0.338 e. The van der Waals surface area contributed by atoms with Crippen molar-refractivity contribution in [2.45, 2.75) is 13.8 Å². The SMILES string of the molecule is CCN(CC)CCOC(=O)c1cccc([N+](=O)[O-])c1. The van der Waals surface area contributed by atoms with Gasteiger partial charge in [-0.3, -0.25) is 10.1 Å². The number of benzene rings is 1. The van der Waals surface area contributed by atoms with Gasteiger partial charge in [0.25, 0.3) is 5.69 Å². The maximum Gasteiger partial charge on any atom is 0.338 e. The molecular weight excluding hydrogens is 248 g/mol. The van der Waals surface area contributed by atoms with E-state index in [2.05, 4.69) is 4.90 Å². The maximum absolute atomic E-state index is 11.7. The van der Waals surface area contributed by atoms with Crippen LogP contribution in [0, 0.1) is 10.1 Å². The number of hydrogen-bond acceptors (Lipinski definition) is 5. The number of esters is 1. The molecule has 0 spiro atoms. The highest BCUT2D eigenvalue weighted by Gasteiger charge is 2.12. The number of hydrogen-bond donors (Lipinski definition) is 0. The molecule has 104 valence electrons. The van der Waals surface area contributed by atoms with Crippen molar-refractivity contribution in [3.8, 4) is 0 Å². The van der Waals surface area contributed by atoms with E-state index in [0.29, 0.717) is 6.54 Å². The number of ether oxygens (including phenoxy) is 1. The Labute approximate surface area is 112 Å². The summed E-state index contributed by atoms with van der Waals surface area (Å²) in [6.07, 6.45) is 0. The molecule has 0 unspecified atom stereocenters. The lowest BCUT2D eigenvalue weighted by Crippen LogP contribution is -2.27. The molecule has 0 heterocycles. The molecule has 0 bridgehead atoms. The van der Waals surface area contributed by atoms with Crippen LogP contribution >= 0.6 is 0 Å². The Bertz CT molecular complexity index is 444. The number of non-ortho nitro benzene ring substituents is 1. The molecule has 1 aromatic carbocycles. The van der Waals surface area contributed by atoms with E-state index >= 15 is 0 Å². The summed E-state index contributed by atoms with van der Waals surface area (Å²) < 4.78 is 5.09. The first-order chi connectivity index (χ1) is 9.08. The highest BCUT2D eigenvalue weighted by Crippen LogP contribution is 2.13. The van der Waals surface area contributed by atoms with Crippen LogP contribution in [0.3, 0.4) is 0 Å². The average Bonchev–Trinajstić information content (AvgIpc) is 2.43. The first-order valence-electron chi connectivity index (χ1n) is 6.22. The van der Waals surface area contributed by atoms with Gasteiger partial charge in [0.05, 0.1) is 10.5 Å². The fraction of sp³-hybridized carbons (Fsp3) is 0.462. The molecule has 6 heteroatoms. The number of nitro benzene ring substituents is 1. The summed E-state index contributed by atoms with van der Waals surface area (Å²) >= 11 is 0. The van der Waals surface area contributed by atoms with Crippen LogP contribution in [0.4, 0.5) is 5.69 Å². The van der Waals surface area contributed by atoms with Crippen LogP contribution in [0.1, 0.15) is 24.2 Å². The second-order valence-electron chi connectivity index (χ2n) is 3.97. The molecule has 1 rings (SSSR count). The van der Waals surface area contributed by atoms with Gasteiger partial charge in [0, 0.05) is 18.7 Å². The van der Waals surface area contributed by atoms with E-state index in [9.17, 15) is 14.9 Å². The Balaban J connectivity index is 2.54. The molecule has 6 nitrogen and oxygen atoms in total. The van der Waals surface area contributed by atoms with Crippen molar-refractivity contribution in [1.82, 2.24) is 4.90 Å². The lowest BCUT2D eigenvalue weighted by Gasteiger charge is -2.17. The molecule has 0 aliphatic carbocycles. The third kappa shape index (κ3) is 4.67. The van der Waals surface area contributed by atoms with Gasteiger partial charge >= 0.3 is 5.97 Å². The molecule has 0 fully saturated rings. The number of rotatable bonds is 7. The molecule has 0 saturated carbocycles. The molecule has 0 atom stereocenters. The molecule has 0 N–H and O–H groups in total. The molecule has 1 aromatic rings. The lowest BCUT2D eigenvalue weighted by molar-refractivity contribution is -0.384. The maximum atomic E-state index is 11.7. The summed E-state index contributed by atoms with van der Waals surface area (Å²) in [6, 6.07) is 5.54. The van der Waals surface area contributed by atoms with Crippen LogP contribution in [0.25, 0.3) is 0 Å². The minimum absolute atomic E-state index is 0.113. The zero-order chi connectivity index (χ0) is 14.3. The quantitative estimate of drug-likeness (QED) is 0.429. The van der Waals surface area contributed by atoms with E-state index in [-0.39, 0.29) is 17.9 Å². The summed E-state index contributed by atoms with van der Waals surface area (Å²) in [7, 11) is 0. The number of nitro groups is 1. The van der Waals surface area contributed by atoms with Crippen LogP contribution in [-0.4, -0.2) is 42.0 Å². The molecule has 0 aliphatic rings. The molecular formula is C13H18N2O4. The largest absolute Gasteiger partial charge is 0.461 e. The van der Waals surface area contributed by atoms with Crippen LogP contribution in [0.15, 0.2) is 24.3 Å². The van der Waals surface area contributed by atoms with Gasteiger partial charge in [-0.05, 0) is 19.2 Å². The second-order valence-corrected chi connectivity index (χ2v) is 3.97. The van der Waals surface area contributed by atoms with E-state index in [1.165, 1.54) is 24.3 Å². The molecule has 0 aromatic heterocycles. The Morgan fingerprint density at radius 2 is 2.05 bits per heavy atom. The zero-order valence-electron chi connectivity index (χ0n) is 11.2. The minimum atomic E-state index is -0.535. The first kappa shape index (κ1) is 15.1. The van der Waals surface area contributed by atoms with Gasteiger partial charge in [-0.15, -0.1) is 0 Å². The van der Waals surface area contributed by atoms with Crippen molar-refractivity contribution >= 4 is 11.7 Å². The molecule has 0 radical (unpaired) electrons. The van der Waals surface area contributed by atoms with Gasteiger partial charge in [0.2, 0.25) is 0 Å². The van der Waals surface area contributed by atoms with Gasteiger partial charge < -0.3 is 9.64 Å². The second kappa shape index (κ2) is 7.48. The Morgan fingerprint density at radius 3 is 2.63 bits per heavy atom. The molecule has 0 saturated heterocycles. The van der Waals surface area contributed by atoms with Gasteiger partial charge in [-0.25, -0.2) is 4.79 Å². The normalized spacial score (nSPS) is 10.5. The van der Waals surface area contributed by atoms with Gasteiger partial charge in [0.15, 0.2) is 0 Å². The van der Waals surface area contributed by atoms with Crippen LogP contribution in [-0.2, 0) is 4.74 Å². The van der Waals surface area contributed by atoms with E-state index in [0.717, 1.165) is 13.1 Å². The van der Waals surface area contributed by atoms with Gasteiger partial charge in [0.1, 0.15) is 6.61 Å². The van der Waals surface area contributed by atoms with Crippen molar-refractivity contribution in [3.05, 3.63) is 39.9 Å². The van der Waals surface area contributed by atoms with Crippen molar-refractivity contribution in [2.24, 2.45) is 0 Å². The Kier molecular flexibility index (Phi) is 5.95. The fourth-order valence-corrected chi connectivity index (χ4v) is 1.64. The molecule has 0 amide bonds. The number of nitrogens with zero attached hydrogens (tertiary/aromatic N) is 2. The zero-order valence-corrected chi connectivity index (χ0v) is 11.2. The van der Waals surface area contributed by atoms with Crippen molar-refractivity contribution < 1.29 is 14.5 Å². The third-order valence-corrected chi connectivity index (χ3v) is 2.83. The van der Waals surface area contributed by atoms with Gasteiger partial charge in [-0.2, -0.15) is 0 Å². The van der Waals surface area contributed by atoms with E-state index in [1.54, 1.807) is 0 Å². The van der Waals surface area contributed by atoms with E-state index in [4.69, 9.17) is 4.74 Å². The summed E-state index contributed by atoms with van der Waals surface area (Å²) in [6.45, 7) is 6.80. The highest BCUT2D eigenvalue weighted by molar-refractivity contribution is 5.90. The number of carbonyl (C=O) groups is 1. The topological polar surface area (TPSA) is 72.7 Å². The average molecular weight is 266 g/mol. The predicted octanol–water partition coefficient (Wildman–Crippen LogP) is 2.09. The summed E-state index contributed by atoms with van der Waals surface area (Å²) in [5.74, 6) is -0.532. The van der Waals surface area contributed by atoms with Crippen molar-refractivity contribution in [3.63, 3.8) is 0 Å². The standard InChI is InChI=1S/C13H18N2O4/c1-3-14(4-2)8-9-19-13(16)11-6-5-7-12(10-11)15(17)18/h5-7,10H,3-4,8-9H2,1-2H3. The number of carbonyl (C=O) groups excluding carboxylic acids is 1. The molecule has 0 aliphatic heterocycles. The van der Waals surface area contributed by atoms with Crippen molar-refractivity contribution in [2.75, 3.05) is 26.2 Å². The van der Waals surface area contributed by atoms with E-state index < -0.39 is 10.9 Å². The number of likely N-dealkylation sites (N-methyl/N-ethyl adjacent to an activating group) is 1. The monoisotopic (exact) mass is 266 g/mol. The Hall–Kier alpha value is -1.95. The summed E-state index contributed by atoms with van der Waals surface area (Å²) in [5, 5.41) is 10.6. The van der Waals surface area contributed by atoms with Crippen LogP contribution in [0.2, 0.25) is 0 Å². The predicted molar refractivity (Wildman–Crippen MR) is 71.2 cm³/mol. The lowest BCUT2D eigenvalue weighted by atomic mass is 10.2. The summed E-state index contributed by atoms with van der Waals surface area (Å²) in [4.78, 5) is 23.9. The van der Waals surface area contributed by atoms with Crippen molar-refractivity contribution in [1.29, 1.82) is 0 Å². The van der Waals surface area contributed by atoms with Gasteiger partial charge in [-0.1, -0.05) is 19.9 Å². The highest BCUT2D eigenvalue weighted by atomic mass is 16.6. The Morgan fingerprint density at radius 1 is 1.37 bits per heavy atom. The first-order valence-corrected chi connectivity index (χ1v) is 6.22. The minimum Gasteiger partial charge on any atom is -0.461 e. The summed E-state index contributed by atoms with van der Waals surface area (Å²) in [5.41, 5.74) is 0.0898. The fourth-order valence-electron chi connectivity index (χ4n) is 1.64. The van der Waals surface area contributed by atoms with E-state index in [1.807, 2.05) is 13.8 Å². The third-order valence-electron chi connectivity index (χ3n) is 2.83. The van der Waals surface area contributed by atoms with Crippen LogP contribution < -0.4 is 0 Å². The van der Waals surface area contributed by atoms with Crippen LogP contribution in [0.5, 0.6) is 0 Å². The molecule has 19 heavy (non-hydrogen) atoms.